The van der Waals surface area contributed by atoms with E-state index in [2.05, 4.69) is 6.07 Å². The normalized spacial score (nSPS) is 16.6. The summed E-state index contributed by atoms with van der Waals surface area (Å²) in [5, 5.41) is 9.14. The molecule has 112 valence electrons. The van der Waals surface area contributed by atoms with Crippen LogP contribution >= 0.6 is 0 Å². The predicted molar refractivity (Wildman–Crippen MR) is 81.1 cm³/mol. The number of benzene rings is 2. The molecular weight excluding hydrogens is 280 g/mol. The fourth-order valence-electron chi connectivity index (χ4n) is 2.83. The van der Waals surface area contributed by atoms with Gasteiger partial charge in [-0.3, -0.25) is 0 Å². The van der Waals surface area contributed by atoms with Crippen molar-refractivity contribution in [3.63, 3.8) is 0 Å². The minimum atomic E-state index is -1.12. The van der Waals surface area contributed by atoms with E-state index in [-0.39, 0.29) is 17.2 Å². The van der Waals surface area contributed by atoms with Crippen LogP contribution in [0.25, 0.3) is 0 Å². The summed E-state index contributed by atoms with van der Waals surface area (Å²) in [5.74, 6) is -1.69. The Labute approximate surface area is 128 Å². The van der Waals surface area contributed by atoms with Crippen molar-refractivity contribution in [2.24, 2.45) is 0 Å². The second kappa shape index (κ2) is 6.02. The second-order valence-corrected chi connectivity index (χ2v) is 5.39. The summed E-state index contributed by atoms with van der Waals surface area (Å²) in [7, 11) is 0. The number of carbonyl (C=O) groups excluding carboxylic acids is 1. The number of carboxylic acid groups (broad SMARTS) is 1. The molecular formula is C18H16O4. The van der Waals surface area contributed by atoms with Crippen LogP contribution in [0.5, 0.6) is 0 Å². The van der Waals surface area contributed by atoms with Crippen LogP contribution in [-0.4, -0.2) is 23.1 Å². The number of fused-ring (bicyclic) bond motifs is 1. The molecule has 0 spiro atoms. The Morgan fingerprint density at radius 2 is 1.59 bits per heavy atom. The maximum absolute atomic E-state index is 12.3. The Bertz CT molecular complexity index is 721. The summed E-state index contributed by atoms with van der Waals surface area (Å²) in [6, 6.07) is 14.2. The average molecular weight is 296 g/mol. The molecule has 0 heterocycles. The highest BCUT2D eigenvalue weighted by atomic mass is 16.5. The van der Waals surface area contributed by atoms with Crippen LogP contribution in [0.15, 0.2) is 48.5 Å². The van der Waals surface area contributed by atoms with E-state index in [1.165, 1.54) is 23.3 Å². The molecule has 0 fully saturated rings. The fourth-order valence-corrected chi connectivity index (χ4v) is 2.83. The van der Waals surface area contributed by atoms with Gasteiger partial charge in [0.1, 0.15) is 6.10 Å². The molecule has 4 nitrogen and oxygen atoms in total. The van der Waals surface area contributed by atoms with Crippen LogP contribution in [0.4, 0.5) is 0 Å². The maximum Gasteiger partial charge on any atom is 0.339 e. The first-order valence-corrected chi connectivity index (χ1v) is 7.25. The van der Waals surface area contributed by atoms with E-state index in [9.17, 15) is 9.59 Å². The molecule has 22 heavy (non-hydrogen) atoms. The smallest absolute Gasteiger partial charge is 0.339 e. The first-order chi connectivity index (χ1) is 10.6. The number of aromatic carboxylic acids is 1. The summed E-state index contributed by atoms with van der Waals surface area (Å²) in [4.78, 5) is 23.4. The monoisotopic (exact) mass is 296 g/mol. The molecule has 0 radical (unpaired) electrons. The van der Waals surface area contributed by atoms with Gasteiger partial charge in [0.15, 0.2) is 0 Å². The van der Waals surface area contributed by atoms with E-state index in [0.29, 0.717) is 6.42 Å². The second-order valence-electron chi connectivity index (χ2n) is 5.39. The molecule has 2 aromatic rings. The van der Waals surface area contributed by atoms with Gasteiger partial charge in [-0.2, -0.15) is 0 Å². The lowest BCUT2D eigenvalue weighted by Gasteiger charge is -2.24. The van der Waals surface area contributed by atoms with Crippen molar-refractivity contribution in [1.29, 1.82) is 0 Å². The minimum Gasteiger partial charge on any atom is -0.478 e. The molecule has 1 atom stereocenters. The van der Waals surface area contributed by atoms with Crippen molar-refractivity contribution >= 4 is 11.9 Å². The average Bonchev–Trinajstić information content (AvgIpc) is 2.54. The number of esters is 1. The largest absolute Gasteiger partial charge is 0.478 e. The van der Waals surface area contributed by atoms with Crippen molar-refractivity contribution in [2.75, 3.05) is 0 Å². The zero-order valence-electron chi connectivity index (χ0n) is 12.0. The standard InChI is InChI=1S/C18H16O4/c19-17(20)15-7-3-4-8-16(15)18(21)22-14-10-9-12-5-1-2-6-13(12)11-14/h1-8,14H,9-11H2,(H,19,20)/t14-/m1/s1. The third-order valence-electron chi connectivity index (χ3n) is 3.95. The van der Waals surface area contributed by atoms with Crippen LogP contribution in [0.1, 0.15) is 38.3 Å². The van der Waals surface area contributed by atoms with Gasteiger partial charge in [0, 0.05) is 6.42 Å². The van der Waals surface area contributed by atoms with Gasteiger partial charge >= 0.3 is 11.9 Å². The van der Waals surface area contributed by atoms with Crippen LogP contribution in [0, 0.1) is 0 Å². The van der Waals surface area contributed by atoms with Crippen LogP contribution in [-0.2, 0) is 17.6 Å². The zero-order chi connectivity index (χ0) is 15.5. The molecule has 0 bridgehead atoms. The van der Waals surface area contributed by atoms with Crippen molar-refractivity contribution in [1.82, 2.24) is 0 Å². The molecule has 1 aliphatic carbocycles. The summed E-state index contributed by atoms with van der Waals surface area (Å²) < 4.78 is 5.52. The highest BCUT2D eigenvalue weighted by Crippen LogP contribution is 2.24. The van der Waals surface area contributed by atoms with Crippen molar-refractivity contribution < 1.29 is 19.4 Å². The topological polar surface area (TPSA) is 63.6 Å². The van der Waals surface area contributed by atoms with Gasteiger partial charge < -0.3 is 9.84 Å². The molecule has 0 aliphatic heterocycles. The Balaban J connectivity index is 1.75. The van der Waals surface area contributed by atoms with Gasteiger partial charge in [0.2, 0.25) is 0 Å². The molecule has 3 rings (SSSR count). The third kappa shape index (κ3) is 2.86. The molecule has 1 aliphatic rings. The summed E-state index contributed by atoms with van der Waals surface area (Å²) >= 11 is 0. The Kier molecular flexibility index (Phi) is 3.92. The van der Waals surface area contributed by atoms with E-state index in [1.54, 1.807) is 12.1 Å². The van der Waals surface area contributed by atoms with Crippen molar-refractivity contribution in [3.8, 4) is 0 Å². The Hall–Kier alpha value is -2.62. The molecule has 0 aromatic heterocycles. The number of hydrogen-bond donors (Lipinski definition) is 1. The first kappa shape index (κ1) is 14.3. The molecule has 2 aromatic carbocycles. The summed E-state index contributed by atoms with van der Waals surface area (Å²) in [5.41, 5.74) is 2.57. The summed E-state index contributed by atoms with van der Waals surface area (Å²) in [6.45, 7) is 0. The number of rotatable bonds is 3. The Morgan fingerprint density at radius 1 is 0.955 bits per heavy atom. The van der Waals surface area contributed by atoms with Crippen LogP contribution in [0.3, 0.4) is 0 Å². The number of hydrogen-bond acceptors (Lipinski definition) is 3. The lowest BCUT2D eigenvalue weighted by molar-refractivity contribution is 0.0266. The van der Waals surface area contributed by atoms with Gasteiger partial charge in [-0.1, -0.05) is 36.4 Å². The highest BCUT2D eigenvalue weighted by Gasteiger charge is 2.24. The Morgan fingerprint density at radius 3 is 2.32 bits per heavy atom. The van der Waals surface area contributed by atoms with E-state index in [1.807, 2.05) is 18.2 Å². The van der Waals surface area contributed by atoms with Gasteiger partial charge in [0.25, 0.3) is 0 Å². The quantitative estimate of drug-likeness (QED) is 0.884. The van der Waals surface area contributed by atoms with E-state index in [0.717, 1.165) is 12.8 Å². The van der Waals surface area contributed by atoms with Crippen molar-refractivity contribution in [2.45, 2.75) is 25.4 Å². The molecule has 0 saturated heterocycles. The third-order valence-corrected chi connectivity index (χ3v) is 3.95. The van der Waals surface area contributed by atoms with E-state index in [4.69, 9.17) is 9.84 Å². The highest BCUT2D eigenvalue weighted by molar-refractivity contribution is 6.02. The SMILES string of the molecule is O=C(O)c1ccccc1C(=O)O[C@@H]1CCc2ccccc2C1. The number of ether oxygens (including phenoxy) is 1. The lowest BCUT2D eigenvalue weighted by Crippen LogP contribution is -2.26. The van der Waals surface area contributed by atoms with Gasteiger partial charge in [-0.25, -0.2) is 9.59 Å². The fraction of sp³-hybridized carbons (Fsp3) is 0.222. The molecule has 0 unspecified atom stereocenters. The van der Waals surface area contributed by atoms with Crippen LogP contribution < -0.4 is 0 Å². The molecule has 1 N–H and O–H groups in total. The number of aryl methyl sites for hydroxylation is 1. The van der Waals surface area contributed by atoms with Gasteiger partial charge in [0.05, 0.1) is 11.1 Å². The van der Waals surface area contributed by atoms with E-state index >= 15 is 0 Å². The number of carboxylic acids is 1. The van der Waals surface area contributed by atoms with Gasteiger partial charge in [-0.15, -0.1) is 0 Å². The predicted octanol–water partition coefficient (Wildman–Crippen LogP) is 3.10. The number of carbonyl (C=O) groups is 2. The minimum absolute atomic E-state index is 0.0243. The molecule has 0 saturated carbocycles. The lowest BCUT2D eigenvalue weighted by atomic mass is 9.90. The molecule has 0 amide bonds. The zero-order valence-corrected chi connectivity index (χ0v) is 12.0. The maximum atomic E-state index is 12.3. The van der Waals surface area contributed by atoms with Crippen molar-refractivity contribution in [3.05, 3.63) is 70.8 Å². The summed E-state index contributed by atoms with van der Waals surface area (Å²) in [6.07, 6.45) is 2.10. The van der Waals surface area contributed by atoms with E-state index < -0.39 is 11.9 Å². The first-order valence-electron chi connectivity index (χ1n) is 7.25. The molecule has 4 heteroatoms. The van der Waals surface area contributed by atoms with Crippen LogP contribution in [0.2, 0.25) is 0 Å². The van der Waals surface area contributed by atoms with Gasteiger partial charge in [-0.05, 0) is 36.1 Å².